The van der Waals surface area contributed by atoms with Gasteiger partial charge in [0.2, 0.25) is 0 Å². The fourth-order valence-electron chi connectivity index (χ4n) is 1.84. The van der Waals surface area contributed by atoms with Crippen LogP contribution in [-0.2, 0) is 10.0 Å². The maximum atomic E-state index is 12.2. The Labute approximate surface area is 122 Å². The molecule has 0 bridgehead atoms. The molecule has 7 nitrogen and oxygen atoms in total. The van der Waals surface area contributed by atoms with E-state index in [2.05, 4.69) is 5.32 Å². The molecule has 2 aromatic carbocycles. The summed E-state index contributed by atoms with van der Waals surface area (Å²) in [5.74, 6) is 0. The second-order valence-electron chi connectivity index (χ2n) is 4.35. The summed E-state index contributed by atoms with van der Waals surface area (Å²) in [6, 6.07) is 11.1. The van der Waals surface area contributed by atoms with E-state index < -0.39 is 16.1 Å². The van der Waals surface area contributed by atoms with Crippen molar-refractivity contribution in [2.24, 2.45) is 5.73 Å². The number of sulfonamides is 1. The summed E-state index contributed by atoms with van der Waals surface area (Å²) >= 11 is 0. The highest BCUT2D eigenvalue weighted by Gasteiger charge is 2.22. The Morgan fingerprint density at radius 3 is 2.52 bits per heavy atom. The molecule has 4 N–H and O–H groups in total. The van der Waals surface area contributed by atoms with Gasteiger partial charge in [-0.15, -0.1) is 0 Å². The van der Waals surface area contributed by atoms with Crippen molar-refractivity contribution in [3.8, 4) is 0 Å². The first-order valence-corrected chi connectivity index (χ1v) is 7.59. The molecule has 0 radical (unpaired) electrons. The summed E-state index contributed by atoms with van der Waals surface area (Å²) in [6.45, 7) is -0.378. The summed E-state index contributed by atoms with van der Waals surface area (Å²) in [6.07, 6.45) is 0. The Morgan fingerprint density at radius 1 is 1.19 bits per heavy atom. The van der Waals surface area contributed by atoms with E-state index in [1.165, 1.54) is 12.1 Å². The van der Waals surface area contributed by atoms with Gasteiger partial charge in [0.1, 0.15) is 0 Å². The zero-order chi connectivity index (χ0) is 15.5. The highest BCUT2D eigenvalue weighted by Crippen LogP contribution is 2.20. The molecule has 112 valence electrons. The van der Waals surface area contributed by atoms with Crippen LogP contribution in [0.4, 0.5) is 4.79 Å². The lowest BCUT2D eigenvalue weighted by Crippen LogP contribution is -2.38. The fraction of sp³-hybridized carbons (Fsp3) is 0.154. The average molecular weight is 309 g/mol. The van der Waals surface area contributed by atoms with Crippen molar-refractivity contribution in [2.45, 2.75) is 4.90 Å². The molecule has 21 heavy (non-hydrogen) atoms. The van der Waals surface area contributed by atoms with Gasteiger partial charge < -0.3 is 11.1 Å². The quantitative estimate of drug-likeness (QED) is 0.712. The van der Waals surface area contributed by atoms with Gasteiger partial charge in [0.15, 0.2) is 0 Å². The van der Waals surface area contributed by atoms with Crippen LogP contribution in [0.2, 0.25) is 0 Å². The molecule has 0 saturated carbocycles. The third kappa shape index (κ3) is 3.48. The number of nitrogens with one attached hydrogen (secondary N) is 1. The zero-order valence-corrected chi connectivity index (χ0v) is 11.9. The number of primary amides is 1. The molecule has 0 aromatic heterocycles. The predicted octanol–water partition coefficient (Wildman–Crippen LogP) is 0.888. The van der Waals surface area contributed by atoms with Crippen molar-refractivity contribution >= 4 is 26.8 Å². The number of hydrogen-bond acceptors (Lipinski definition) is 4. The minimum absolute atomic E-state index is 0.0252. The van der Waals surface area contributed by atoms with Crippen molar-refractivity contribution < 1.29 is 18.4 Å². The van der Waals surface area contributed by atoms with Gasteiger partial charge in [0.25, 0.3) is 10.0 Å². The molecule has 0 spiro atoms. The number of rotatable bonds is 5. The number of fused-ring (bicyclic) bond motifs is 1. The molecule has 2 rings (SSSR count). The number of benzene rings is 2. The predicted molar refractivity (Wildman–Crippen MR) is 77.2 cm³/mol. The highest BCUT2D eigenvalue weighted by atomic mass is 32.2. The van der Waals surface area contributed by atoms with Crippen LogP contribution < -0.4 is 11.1 Å². The number of nitrogens with zero attached hydrogens (tertiary/aromatic N) is 1. The smallest absolute Gasteiger partial charge is 0.312 e. The van der Waals surface area contributed by atoms with Crippen molar-refractivity contribution in [2.75, 3.05) is 13.1 Å². The molecule has 0 fully saturated rings. The van der Waals surface area contributed by atoms with E-state index in [0.717, 1.165) is 10.8 Å². The van der Waals surface area contributed by atoms with E-state index in [4.69, 9.17) is 5.73 Å². The van der Waals surface area contributed by atoms with E-state index in [-0.39, 0.29) is 22.5 Å². The Hall–Kier alpha value is -2.16. The van der Waals surface area contributed by atoms with Gasteiger partial charge >= 0.3 is 6.03 Å². The summed E-state index contributed by atoms with van der Waals surface area (Å²) in [5, 5.41) is 13.5. The van der Waals surface area contributed by atoms with Gasteiger partial charge in [-0.2, -0.15) is 0 Å². The van der Waals surface area contributed by atoms with Gasteiger partial charge in [0, 0.05) is 6.54 Å². The Bertz CT molecular complexity index is 761. The molecule has 0 heterocycles. The molecule has 0 atom stereocenters. The Kier molecular flexibility index (Phi) is 4.41. The van der Waals surface area contributed by atoms with Crippen LogP contribution in [-0.4, -0.2) is 37.2 Å². The van der Waals surface area contributed by atoms with Crippen LogP contribution in [0.25, 0.3) is 10.8 Å². The maximum absolute atomic E-state index is 12.2. The molecule has 0 aliphatic carbocycles. The fourth-order valence-corrected chi connectivity index (χ4v) is 2.94. The number of amides is 2. The van der Waals surface area contributed by atoms with E-state index in [1.54, 1.807) is 18.2 Å². The monoisotopic (exact) mass is 309 g/mol. The minimum Gasteiger partial charge on any atom is -0.352 e. The van der Waals surface area contributed by atoms with Crippen LogP contribution in [0, 0.1) is 0 Å². The molecule has 0 saturated heterocycles. The minimum atomic E-state index is -4.03. The van der Waals surface area contributed by atoms with E-state index in [1.807, 2.05) is 12.1 Å². The SMILES string of the molecule is NC(=O)NCCN(O)S(=O)(=O)c1ccc2ccccc2c1. The first kappa shape index (κ1) is 15.2. The lowest BCUT2D eigenvalue weighted by molar-refractivity contribution is 0.00519. The van der Waals surface area contributed by atoms with E-state index in [0.29, 0.717) is 0 Å². The number of nitrogens with two attached hydrogens (primary N) is 1. The summed E-state index contributed by atoms with van der Waals surface area (Å²) in [4.78, 5) is 10.5. The molecule has 8 heteroatoms. The van der Waals surface area contributed by atoms with Crippen molar-refractivity contribution in [3.05, 3.63) is 42.5 Å². The van der Waals surface area contributed by atoms with Crippen molar-refractivity contribution in [1.82, 2.24) is 9.79 Å². The molecule has 0 aliphatic heterocycles. The van der Waals surface area contributed by atoms with Gasteiger partial charge in [-0.1, -0.05) is 34.8 Å². The molecule has 2 aromatic rings. The van der Waals surface area contributed by atoms with Crippen LogP contribution in [0.3, 0.4) is 0 Å². The van der Waals surface area contributed by atoms with Crippen LogP contribution in [0.1, 0.15) is 0 Å². The summed E-state index contributed by atoms with van der Waals surface area (Å²) in [7, 11) is -4.03. The average Bonchev–Trinajstić information content (AvgIpc) is 2.46. The van der Waals surface area contributed by atoms with Crippen LogP contribution in [0.5, 0.6) is 0 Å². The lowest BCUT2D eigenvalue weighted by atomic mass is 10.1. The lowest BCUT2D eigenvalue weighted by Gasteiger charge is -2.15. The zero-order valence-electron chi connectivity index (χ0n) is 11.1. The second kappa shape index (κ2) is 6.08. The number of carbonyl (C=O) groups is 1. The summed E-state index contributed by atoms with van der Waals surface area (Å²) < 4.78 is 24.6. The first-order valence-electron chi connectivity index (χ1n) is 6.15. The van der Waals surface area contributed by atoms with Crippen LogP contribution >= 0.6 is 0 Å². The van der Waals surface area contributed by atoms with Gasteiger partial charge in [-0.05, 0) is 22.9 Å². The normalized spacial score (nSPS) is 11.7. The van der Waals surface area contributed by atoms with Gasteiger partial charge in [-0.25, -0.2) is 13.2 Å². The third-order valence-corrected chi connectivity index (χ3v) is 4.49. The van der Waals surface area contributed by atoms with E-state index in [9.17, 15) is 18.4 Å². The molecule has 0 aliphatic rings. The Morgan fingerprint density at radius 2 is 1.86 bits per heavy atom. The summed E-state index contributed by atoms with van der Waals surface area (Å²) in [5.41, 5.74) is 4.86. The van der Waals surface area contributed by atoms with Crippen LogP contribution in [0.15, 0.2) is 47.4 Å². The first-order chi connectivity index (χ1) is 9.91. The number of hydrogen-bond donors (Lipinski definition) is 3. The number of urea groups is 1. The van der Waals surface area contributed by atoms with Gasteiger partial charge in [0.05, 0.1) is 11.4 Å². The number of carbonyl (C=O) groups excluding carboxylic acids is 1. The standard InChI is InChI=1S/C13H15N3O4S/c14-13(17)15-7-8-16(18)21(19,20)12-6-5-10-3-1-2-4-11(10)9-12/h1-6,9,18H,7-8H2,(H3,14,15,17). The molecule has 0 unspecified atom stereocenters. The largest absolute Gasteiger partial charge is 0.352 e. The third-order valence-electron chi connectivity index (χ3n) is 2.90. The van der Waals surface area contributed by atoms with E-state index >= 15 is 0 Å². The highest BCUT2D eigenvalue weighted by molar-refractivity contribution is 7.89. The second-order valence-corrected chi connectivity index (χ2v) is 6.19. The van der Waals surface area contributed by atoms with Crippen molar-refractivity contribution in [3.63, 3.8) is 0 Å². The number of hydroxylamine groups is 1. The molecular formula is C13H15N3O4S. The van der Waals surface area contributed by atoms with Crippen molar-refractivity contribution in [1.29, 1.82) is 0 Å². The Balaban J connectivity index is 2.22. The molecular weight excluding hydrogens is 294 g/mol. The van der Waals surface area contributed by atoms with Gasteiger partial charge in [-0.3, -0.25) is 5.21 Å². The topological polar surface area (TPSA) is 113 Å². The molecule has 2 amide bonds. The maximum Gasteiger partial charge on any atom is 0.312 e.